The molecular formula is C39H45ClF3N7O4. The number of aryl methyl sites for hydroxylation is 1. The number of imide groups is 1. The number of likely N-dealkylation sites (tertiary alicyclic amines) is 2. The number of likely N-dealkylation sites (N-methyl/N-ethyl adjacent to an activating group) is 1. The van der Waals surface area contributed by atoms with Gasteiger partial charge in [0.15, 0.2) is 0 Å². The maximum absolute atomic E-state index is 14.2. The van der Waals surface area contributed by atoms with E-state index < -0.39 is 29.5 Å². The van der Waals surface area contributed by atoms with Gasteiger partial charge in [-0.05, 0) is 92.3 Å². The van der Waals surface area contributed by atoms with Crippen molar-refractivity contribution in [3.63, 3.8) is 0 Å². The van der Waals surface area contributed by atoms with E-state index in [0.717, 1.165) is 56.8 Å². The van der Waals surface area contributed by atoms with Crippen molar-refractivity contribution in [2.75, 3.05) is 56.5 Å². The molecule has 3 amide bonds. The molecule has 0 aliphatic carbocycles. The van der Waals surface area contributed by atoms with Crippen LogP contribution in [-0.2, 0) is 22.8 Å². The average Bonchev–Trinajstić information content (AvgIpc) is 3.15. The molecule has 0 saturated carbocycles. The average molecular weight is 768 g/mol. The van der Waals surface area contributed by atoms with Crippen LogP contribution >= 0.6 is 11.6 Å². The topological polar surface area (TPSA) is 120 Å². The summed E-state index contributed by atoms with van der Waals surface area (Å²) in [5, 5.41) is 9.78. The molecule has 4 saturated heterocycles. The first-order valence-corrected chi connectivity index (χ1v) is 18.9. The van der Waals surface area contributed by atoms with Gasteiger partial charge in [-0.2, -0.15) is 18.3 Å². The number of rotatable bonds is 6. The second-order valence-electron chi connectivity index (χ2n) is 15.5. The van der Waals surface area contributed by atoms with Gasteiger partial charge in [-0.1, -0.05) is 29.8 Å². The summed E-state index contributed by atoms with van der Waals surface area (Å²) in [6, 6.07) is 12.1. The summed E-state index contributed by atoms with van der Waals surface area (Å²) in [7, 11) is 3.62. The molecule has 3 aromatic rings. The lowest BCUT2D eigenvalue weighted by molar-refractivity contribution is -0.139. The number of nitrogens with one attached hydrogen (secondary N) is 2. The summed E-state index contributed by atoms with van der Waals surface area (Å²) in [5.41, 5.74) is 1.52. The fraction of sp³-hybridized carbons (Fsp3) is 0.513. The number of hydrogen-bond donors (Lipinski definition) is 2. The lowest BCUT2D eigenvalue weighted by atomic mass is 9.71. The Hall–Kier alpha value is -4.43. The highest BCUT2D eigenvalue weighted by atomic mass is 35.5. The number of alkyl halides is 3. The molecule has 11 nitrogen and oxygen atoms in total. The number of halogens is 4. The minimum atomic E-state index is -4.64. The Morgan fingerprint density at radius 2 is 1.65 bits per heavy atom. The van der Waals surface area contributed by atoms with Crippen LogP contribution in [0.4, 0.5) is 24.5 Å². The lowest BCUT2D eigenvalue weighted by Crippen LogP contribution is -2.48. The molecule has 288 valence electrons. The predicted octanol–water partition coefficient (Wildman–Crippen LogP) is 5.40. The summed E-state index contributed by atoms with van der Waals surface area (Å²) in [6.45, 7) is 4.10. The highest BCUT2D eigenvalue weighted by Crippen LogP contribution is 2.44. The van der Waals surface area contributed by atoms with E-state index in [-0.39, 0.29) is 52.3 Å². The number of nitrogens with zero attached hydrogens (tertiary/aromatic N) is 5. The Labute approximate surface area is 316 Å². The molecule has 3 atom stereocenters. The third-order valence-corrected chi connectivity index (χ3v) is 12.3. The molecule has 5 heterocycles. The van der Waals surface area contributed by atoms with Crippen molar-refractivity contribution >= 4 is 40.7 Å². The van der Waals surface area contributed by atoms with E-state index in [0.29, 0.717) is 43.1 Å². The fourth-order valence-electron chi connectivity index (χ4n) is 8.78. The number of carbonyl (C=O) groups is 3. The number of aromatic nitrogens is 2. The molecule has 0 bridgehead atoms. The van der Waals surface area contributed by atoms with Crippen molar-refractivity contribution in [1.29, 1.82) is 0 Å². The smallest absolute Gasteiger partial charge is 0.378 e. The molecule has 4 aliphatic rings. The van der Waals surface area contributed by atoms with Crippen LogP contribution in [0.5, 0.6) is 0 Å². The molecule has 1 unspecified atom stereocenters. The van der Waals surface area contributed by atoms with E-state index in [1.807, 2.05) is 34.1 Å². The van der Waals surface area contributed by atoms with Crippen molar-refractivity contribution in [2.45, 2.75) is 69.0 Å². The molecule has 2 aromatic carbocycles. The molecule has 0 radical (unpaired) electrons. The van der Waals surface area contributed by atoms with Crippen LogP contribution in [0.25, 0.3) is 0 Å². The summed E-state index contributed by atoms with van der Waals surface area (Å²) in [5.74, 6) is -1.96. The van der Waals surface area contributed by atoms with Crippen molar-refractivity contribution in [1.82, 2.24) is 24.9 Å². The van der Waals surface area contributed by atoms with Gasteiger partial charge in [-0.3, -0.25) is 24.5 Å². The summed E-state index contributed by atoms with van der Waals surface area (Å²) in [6.07, 6.45) is 1.12. The van der Waals surface area contributed by atoms with Gasteiger partial charge >= 0.3 is 6.18 Å². The first kappa shape index (κ1) is 37.9. The van der Waals surface area contributed by atoms with Crippen molar-refractivity contribution in [2.24, 2.45) is 12.5 Å². The summed E-state index contributed by atoms with van der Waals surface area (Å²) in [4.78, 5) is 56.0. The Bertz CT molecular complexity index is 1970. The second-order valence-corrected chi connectivity index (χ2v) is 15.8. The number of hydrogen-bond acceptors (Lipinski definition) is 8. The molecule has 15 heteroatoms. The Balaban J connectivity index is 0.935. The maximum atomic E-state index is 14.2. The number of piperidine rings is 4. The monoisotopic (exact) mass is 767 g/mol. The van der Waals surface area contributed by atoms with Crippen LogP contribution in [0, 0.1) is 5.41 Å². The van der Waals surface area contributed by atoms with E-state index in [4.69, 9.17) is 11.6 Å². The van der Waals surface area contributed by atoms with Crippen molar-refractivity contribution in [3.05, 3.63) is 86.3 Å². The van der Waals surface area contributed by atoms with Gasteiger partial charge in [-0.15, -0.1) is 0 Å². The highest BCUT2D eigenvalue weighted by Gasteiger charge is 2.41. The van der Waals surface area contributed by atoms with Gasteiger partial charge < -0.3 is 20.0 Å². The van der Waals surface area contributed by atoms with Gasteiger partial charge in [0, 0.05) is 70.0 Å². The van der Waals surface area contributed by atoms with Crippen LogP contribution in [0.3, 0.4) is 0 Å². The van der Waals surface area contributed by atoms with Gasteiger partial charge in [0.05, 0.1) is 23.4 Å². The van der Waals surface area contributed by atoms with Crippen molar-refractivity contribution < 1.29 is 27.6 Å². The Morgan fingerprint density at radius 1 is 0.963 bits per heavy atom. The van der Waals surface area contributed by atoms with E-state index in [1.165, 1.54) is 10.7 Å². The zero-order chi connectivity index (χ0) is 38.4. The van der Waals surface area contributed by atoms with E-state index in [9.17, 15) is 32.3 Å². The van der Waals surface area contributed by atoms with Crippen LogP contribution in [0.15, 0.2) is 53.5 Å². The number of anilines is 2. The minimum absolute atomic E-state index is 0.00211. The normalized spacial score (nSPS) is 23.7. The van der Waals surface area contributed by atoms with E-state index in [2.05, 4.69) is 27.7 Å². The quantitative estimate of drug-likeness (QED) is 0.321. The number of amides is 3. The number of benzene rings is 2. The number of carbonyl (C=O) groups excluding carboxylic acids is 3. The van der Waals surface area contributed by atoms with E-state index in [1.54, 1.807) is 19.3 Å². The minimum Gasteiger partial charge on any atom is -0.378 e. The zero-order valence-electron chi connectivity index (χ0n) is 30.4. The molecule has 1 aromatic heterocycles. The standard InChI is InChI=1S/C39H45ClF3N7O4/c1-47-22-26(19-27(23-47)45-32-21-44-48(2)37(54)34(32)40)24-3-5-25(6-4-24)36(53)50-17-13-38(14-18-50)11-15-49(16-12-38)28-7-8-29(31(20-28)39(41,42)43)30-9-10-33(51)46-35(30)52/h3-8,20-21,26-27,30,45H,9-19,22-23H2,1-2H3,(H,46,51,52)/t26-,27+,30?/m1/s1. The third kappa shape index (κ3) is 7.86. The molecule has 1 spiro atoms. The molecule has 4 aliphatic heterocycles. The molecule has 54 heavy (non-hydrogen) atoms. The summed E-state index contributed by atoms with van der Waals surface area (Å²) >= 11 is 6.30. The van der Waals surface area contributed by atoms with Crippen molar-refractivity contribution in [3.8, 4) is 0 Å². The van der Waals surface area contributed by atoms with Crippen LogP contribution in [0.1, 0.15) is 83.8 Å². The van der Waals surface area contributed by atoms with Crippen LogP contribution in [-0.4, -0.2) is 89.7 Å². The van der Waals surface area contributed by atoms with Crippen LogP contribution in [0.2, 0.25) is 5.02 Å². The first-order chi connectivity index (χ1) is 25.7. The van der Waals surface area contributed by atoms with Gasteiger partial charge in [0.2, 0.25) is 11.8 Å². The second kappa shape index (κ2) is 15.0. The predicted molar refractivity (Wildman–Crippen MR) is 199 cm³/mol. The SMILES string of the molecule is CN1C[C@@H](Nc2cnn(C)c(=O)c2Cl)C[C@@H](c2ccc(C(=O)N3CCC4(CC3)CCN(c3ccc(C5CCC(=O)NC5=O)c(C(F)(F)F)c3)CC4)cc2)C1. The molecule has 7 rings (SSSR count). The fourth-order valence-corrected chi connectivity index (χ4v) is 9.01. The molecule has 2 N–H and O–H groups in total. The Kier molecular flexibility index (Phi) is 10.5. The van der Waals surface area contributed by atoms with E-state index >= 15 is 0 Å². The summed E-state index contributed by atoms with van der Waals surface area (Å²) < 4.78 is 43.9. The molecule has 4 fully saturated rings. The molecular weight excluding hydrogens is 723 g/mol. The highest BCUT2D eigenvalue weighted by molar-refractivity contribution is 6.32. The third-order valence-electron chi connectivity index (χ3n) is 12.0. The maximum Gasteiger partial charge on any atom is 0.416 e. The zero-order valence-corrected chi connectivity index (χ0v) is 31.2. The van der Waals surface area contributed by atoms with Gasteiger partial charge in [0.1, 0.15) is 5.02 Å². The Morgan fingerprint density at radius 3 is 2.31 bits per heavy atom. The van der Waals surface area contributed by atoms with Gasteiger partial charge in [0.25, 0.3) is 11.5 Å². The van der Waals surface area contributed by atoms with Crippen LogP contribution < -0.4 is 21.1 Å². The van der Waals surface area contributed by atoms with Gasteiger partial charge in [-0.25, -0.2) is 4.68 Å². The lowest BCUT2D eigenvalue weighted by Gasteiger charge is -2.47. The first-order valence-electron chi connectivity index (χ1n) is 18.6. The largest absolute Gasteiger partial charge is 0.416 e.